The van der Waals surface area contributed by atoms with Gasteiger partial charge in [-0.1, -0.05) is 42.4 Å². The number of esters is 2. The Morgan fingerprint density at radius 2 is 1.84 bits per heavy atom. The lowest BCUT2D eigenvalue weighted by Crippen LogP contribution is -2.66. The van der Waals surface area contributed by atoms with Crippen molar-refractivity contribution in [1.29, 1.82) is 0 Å². The molecule has 5 rings (SSSR count). The number of carbonyl (C=O) groups is 2. The maximum absolute atomic E-state index is 12.9. The highest BCUT2D eigenvalue weighted by Crippen LogP contribution is 2.72. The number of carbonyl (C=O) groups excluding carboxylic acids is 2. The predicted octanol–water partition coefficient (Wildman–Crippen LogP) is 3.34. The average Bonchev–Trinajstić information content (AvgIpc) is 3.61. The van der Waals surface area contributed by atoms with Crippen LogP contribution in [0.1, 0.15) is 53.4 Å². The summed E-state index contributed by atoms with van der Waals surface area (Å²) in [6.07, 6.45) is 10.5. The molecule has 8 heteroatoms. The van der Waals surface area contributed by atoms with E-state index < -0.39 is 46.7 Å². The van der Waals surface area contributed by atoms with E-state index in [1.54, 1.807) is 25.2 Å². The van der Waals surface area contributed by atoms with E-state index in [1.807, 2.05) is 6.92 Å². The molecule has 0 aromatic rings. The van der Waals surface area contributed by atoms with Crippen molar-refractivity contribution in [2.45, 2.75) is 89.5 Å². The van der Waals surface area contributed by atoms with Crippen LogP contribution in [0.25, 0.3) is 0 Å². The molecule has 1 N–H and O–H groups in total. The molecule has 3 heterocycles. The lowest BCUT2D eigenvalue weighted by Gasteiger charge is -2.58. The van der Waals surface area contributed by atoms with Gasteiger partial charge in [0.1, 0.15) is 24.4 Å². The van der Waals surface area contributed by atoms with Crippen LogP contribution >= 0.6 is 0 Å². The Morgan fingerprint density at radius 1 is 1.05 bits per heavy atom. The lowest BCUT2D eigenvalue weighted by molar-refractivity contribution is -0.232. The Labute approximate surface area is 218 Å². The number of hydrogen-bond donors (Lipinski definition) is 1. The Hall–Kier alpha value is -2.26. The third-order valence-corrected chi connectivity index (χ3v) is 9.24. The van der Waals surface area contributed by atoms with E-state index in [4.69, 9.17) is 23.7 Å². The van der Waals surface area contributed by atoms with E-state index in [2.05, 4.69) is 19.9 Å². The number of rotatable bonds is 1. The predicted molar refractivity (Wildman–Crippen MR) is 134 cm³/mol. The summed E-state index contributed by atoms with van der Waals surface area (Å²) in [5, 5.41) is 10.0. The van der Waals surface area contributed by atoms with E-state index in [-0.39, 0.29) is 18.8 Å². The number of allylic oxidation sites excluding steroid dienone is 3. The van der Waals surface area contributed by atoms with Crippen molar-refractivity contribution >= 4 is 11.9 Å². The average molecular weight is 515 g/mol. The molecule has 8 nitrogen and oxygen atoms in total. The van der Waals surface area contributed by atoms with Crippen LogP contribution in [0.5, 0.6) is 0 Å². The molecule has 3 aliphatic heterocycles. The van der Waals surface area contributed by atoms with Crippen molar-refractivity contribution in [2.24, 2.45) is 10.8 Å². The summed E-state index contributed by atoms with van der Waals surface area (Å²) in [6.45, 7) is 8.73. The maximum Gasteiger partial charge on any atom is 0.331 e. The van der Waals surface area contributed by atoms with Crippen LogP contribution in [0.2, 0.25) is 0 Å². The van der Waals surface area contributed by atoms with Crippen molar-refractivity contribution in [3.8, 4) is 0 Å². The van der Waals surface area contributed by atoms with Gasteiger partial charge in [0.05, 0.1) is 36.9 Å². The van der Waals surface area contributed by atoms with Crippen molar-refractivity contribution in [3.63, 3.8) is 0 Å². The number of cyclic esters (lactones) is 1. The maximum atomic E-state index is 12.9. The molecule has 0 unspecified atom stereocenters. The Balaban J connectivity index is 1.51. The zero-order valence-corrected chi connectivity index (χ0v) is 22.1. The molecule has 2 aliphatic carbocycles. The quantitative estimate of drug-likeness (QED) is 0.323. The van der Waals surface area contributed by atoms with Crippen LogP contribution in [0, 0.1) is 10.8 Å². The number of epoxide rings is 1. The Kier molecular flexibility index (Phi) is 6.98. The molecule has 0 aromatic carbocycles. The second kappa shape index (κ2) is 9.80. The van der Waals surface area contributed by atoms with E-state index in [0.717, 1.165) is 18.4 Å². The summed E-state index contributed by atoms with van der Waals surface area (Å²) in [7, 11) is 0. The van der Waals surface area contributed by atoms with Crippen LogP contribution in [0.15, 0.2) is 47.6 Å². The zero-order chi connectivity index (χ0) is 26.4. The molecule has 0 radical (unpaired) electrons. The fraction of sp³-hybridized carbons (Fsp3) is 0.655. The lowest BCUT2D eigenvalue weighted by atomic mass is 9.51. The summed E-state index contributed by atoms with van der Waals surface area (Å²) < 4.78 is 30.6. The van der Waals surface area contributed by atoms with Gasteiger partial charge in [-0.15, -0.1) is 0 Å². The number of ether oxygens (including phenoxy) is 5. The molecule has 0 aromatic heterocycles. The zero-order valence-electron chi connectivity index (χ0n) is 22.1. The summed E-state index contributed by atoms with van der Waals surface area (Å²) >= 11 is 0. The summed E-state index contributed by atoms with van der Waals surface area (Å²) in [5.41, 5.74) is 0.318. The molecular weight excluding hydrogens is 476 g/mol. The number of hydrogen-bond acceptors (Lipinski definition) is 8. The smallest absolute Gasteiger partial charge is 0.331 e. The molecule has 2 spiro atoms. The summed E-state index contributed by atoms with van der Waals surface area (Å²) in [6, 6.07) is 0. The molecule has 2 bridgehead atoms. The first-order chi connectivity index (χ1) is 17.6. The van der Waals surface area contributed by atoms with E-state index in [9.17, 15) is 14.7 Å². The number of aliphatic hydroxyl groups excluding tert-OH is 1. The minimum atomic E-state index is -0.735. The number of aliphatic hydroxyl groups is 1. The minimum Gasteiger partial charge on any atom is -0.462 e. The normalized spacial score (nSPS) is 43.1. The topological polar surface area (TPSA) is 104 Å². The van der Waals surface area contributed by atoms with E-state index in [1.165, 1.54) is 17.7 Å². The highest BCUT2D eigenvalue weighted by molar-refractivity contribution is 5.83. The Bertz CT molecular complexity index is 1050. The molecule has 1 saturated carbocycles. The standard InChI is InChI=1S/C29H38O8/c1-18-9-11-28-16-34-26(32)14-19(2)10-12-33-21(20(3)30)7-5-6-8-25(31)37-22-15-24(36-23(28)13-18)29(17-35-29)27(22,28)4/h5-8,13-14,20-24,30H,9-12,15-17H2,1-4H3/t20-,21+,22-,23-,24-,27-,28-,29-/m0/s1. The minimum absolute atomic E-state index is 0.144. The molecule has 202 valence electrons. The van der Waals surface area contributed by atoms with E-state index in [0.29, 0.717) is 26.1 Å². The highest BCUT2D eigenvalue weighted by Gasteiger charge is 2.83. The SMILES string of the molecule is CC1=CC(=O)OC[C@@]23CCC(C)=C[C@@H]2O[C@H]2C[C@H](OC(=O)C=CC=C[C@H]([C@H](C)O)OCC1)[C@]3(C)[C@]21CO1. The second-order valence-corrected chi connectivity index (χ2v) is 11.4. The van der Waals surface area contributed by atoms with Gasteiger partial charge >= 0.3 is 11.9 Å². The van der Waals surface area contributed by atoms with Gasteiger partial charge in [-0.3, -0.25) is 0 Å². The first-order valence-electron chi connectivity index (χ1n) is 13.3. The molecule has 0 amide bonds. The van der Waals surface area contributed by atoms with Gasteiger partial charge in [0.2, 0.25) is 0 Å². The van der Waals surface area contributed by atoms with Gasteiger partial charge in [0.25, 0.3) is 0 Å². The van der Waals surface area contributed by atoms with Crippen molar-refractivity contribution in [1.82, 2.24) is 0 Å². The second-order valence-electron chi connectivity index (χ2n) is 11.4. The van der Waals surface area contributed by atoms with Crippen molar-refractivity contribution < 1.29 is 38.4 Å². The molecule has 3 fully saturated rings. The van der Waals surface area contributed by atoms with Gasteiger partial charge in [-0.25, -0.2) is 9.59 Å². The first kappa shape index (κ1) is 26.4. The molecule has 8 atom stereocenters. The van der Waals surface area contributed by atoms with Crippen LogP contribution in [-0.4, -0.2) is 73.0 Å². The third kappa shape index (κ3) is 4.42. The largest absolute Gasteiger partial charge is 0.462 e. The van der Waals surface area contributed by atoms with Gasteiger partial charge in [-0.2, -0.15) is 0 Å². The van der Waals surface area contributed by atoms with Gasteiger partial charge in [0.15, 0.2) is 0 Å². The molecule has 2 saturated heterocycles. The van der Waals surface area contributed by atoms with Crippen LogP contribution in [0.4, 0.5) is 0 Å². The van der Waals surface area contributed by atoms with Crippen molar-refractivity contribution in [3.05, 3.63) is 47.6 Å². The monoisotopic (exact) mass is 514 g/mol. The van der Waals surface area contributed by atoms with Gasteiger partial charge in [-0.05, 0) is 40.0 Å². The van der Waals surface area contributed by atoms with Gasteiger partial charge in [0, 0.05) is 24.0 Å². The molecular formula is C29H38O8. The fourth-order valence-corrected chi connectivity index (χ4v) is 6.85. The van der Waals surface area contributed by atoms with Crippen LogP contribution < -0.4 is 0 Å². The Morgan fingerprint density at radius 3 is 2.57 bits per heavy atom. The van der Waals surface area contributed by atoms with Crippen LogP contribution in [0.3, 0.4) is 0 Å². The van der Waals surface area contributed by atoms with E-state index >= 15 is 0 Å². The molecule has 5 aliphatic rings. The molecule has 37 heavy (non-hydrogen) atoms. The summed E-state index contributed by atoms with van der Waals surface area (Å²) in [5.74, 6) is -0.879. The highest BCUT2D eigenvalue weighted by atomic mass is 16.6. The third-order valence-electron chi connectivity index (χ3n) is 9.24. The first-order valence-corrected chi connectivity index (χ1v) is 13.3. The summed E-state index contributed by atoms with van der Waals surface area (Å²) in [4.78, 5) is 25.9. The van der Waals surface area contributed by atoms with Crippen molar-refractivity contribution in [2.75, 3.05) is 19.8 Å². The van der Waals surface area contributed by atoms with Gasteiger partial charge < -0.3 is 28.8 Å². The fourth-order valence-electron chi connectivity index (χ4n) is 6.85. The van der Waals surface area contributed by atoms with Crippen LogP contribution in [-0.2, 0) is 33.3 Å².